The number of hydrogen-bond acceptors (Lipinski definition) is 5. The number of nitrogens with one attached hydrogen (secondary N) is 1. The summed E-state index contributed by atoms with van der Waals surface area (Å²) in [6.07, 6.45) is 3.25. The van der Waals surface area contributed by atoms with E-state index in [1.54, 1.807) is 63.2 Å². The highest BCUT2D eigenvalue weighted by atomic mass is 32.2. The molecule has 6 nitrogen and oxygen atoms in total. The summed E-state index contributed by atoms with van der Waals surface area (Å²) in [5, 5.41) is 0. The minimum absolute atomic E-state index is 0.0464. The highest BCUT2D eigenvalue weighted by Crippen LogP contribution is 2.33. The second-order valence-electron chi connectivity index (χ2n) is 9.87. The van der Waals surface area contributed by atoms with E-state index in [0.717, 1.165) is 31.2 Å². The van der Waals surface area contributed by atoms with Crippen molar-refractivity contribution in [1.82, 2.24) is 0 Å². The van der Waals surface area contributed by atoms with Gasteiger partial charge in [0, 0.05) is 18.0 Å². The SMILES string of the molecule is CC(C)(C)S(=O)(=O)CC1CCC(C(=O)Cc2ccc(NS(=O)(=O)c3ccccc3)cc2)CC1. The van der Waals surface area contributed by atoms with Crippen molar-refractivity contribution in [2.24, 2.45) is 11.8 Å². The van der Waals surface area contributed by atoms with E-state index in [0.29, 0.717) is 12.1 Å². The molecule has 2 aromatic rings. The lowest BCUT2D eigenvalue weighted by Crippen LogP contribution is -2.35. The average Bonchev–Trinajstić information content (AvgIpc) is 2.75. The minimum atomic E-state index is -3.65. The minimum Gasteiger partial charge on any atom is -0.299 e. The van der Waals surface area contributed by atoms with Crippen LogP contribution in [0.3, 0.4) is 0 Å². The summed E-state index contributed by atoms with van der Waals surface area (Å²) in [6, 6.07) is 15.0. The molecule has 1 aliphatic rings. The third-order valence-electron chi connectivity index (χ3n) is 6.33. The van der Waals surface area contributed by atoms with E-state index in [9.17, 15) is 21.6 Å². The summed E-state index contributed by atoms with van der Waals surface area (Å²) in [6.45, 7) is 5.19. The van der Waals surface area contributed by atoms with Gasteiger partial charge in [0.1, 0.15) is 5.78 Å². The first-order chi connectivity index (χ1) is 15.4. The van der Waals surface area contributed by atoms with Crippen molar-refractivity contribution in [3.63, 3.8) is 0 Å². The van der Waals surface area contributed by atoms with E-state index < -0.39 is 24.6 Å². The maximum atomic E-state index is 12.8. The second kappa shape index (κ2) is 9.97. The molecule has 0 atom stereocenters. The summed E-state index contributed by atoms with van der Waals surface area (Å²) in [7, 11) is -6.81. The average molecular weight is 492 g/mol. The number of ketones is 1. The topological polar surface area (TPSA) is 97.4 Å². The van der Waals surface area contributed by atoms with Crippen LogP contribution in [-0.2, 0) is 31.1 Å². The Hall–Kier alpha value is -2.19. The van der Waals surface area contributed by atoms with E-state index >= 15 is 0 Å². The second-order valence-corrected chi connectivity index (χ2v) is 14.3. The third-order valence-corrected chi connectivity index (χ3v) is 10.5. The largest absolute Gasteiger partial charge is 0.299 e. The summed E-state index contributed by atoms with van der Waals surface area (Å²) in [5.41, 5.74) is 1.27. The third kappa shape index (κ3) is 6.67. The monoisotopic (exact) mass is 491 g/mol. The van der Waals surface area contributed by atoms with E-state index in [1.807, 2.05) is 0 Å². The van der Waals surface area contributed by atoms with Crippen LogP contribution in [0.25, 0.3) is 0 Å². The molecule has 0 heterocycles. The van der Waals surface area contributed by atoms with Gasteiger partial charge in [0.2, 0.25) is 0 Å². The van der Waals surface area contributed by atoms with E-state index in [2.05, 4.69) is 4.72 Å². The normalized spacial score (nSPS) is 19.7. The molecule has 0 amide bonds. The lowest BCUT2D eigenvalue weighted by atomic mass is 9.79. The zero-order valence-corrected chi connectivity index (χ0v) is 21.1. The van der Waals surface area contributed by atoms with Crippen LogP contribution < -0.4 is 4.72 Å². The van der Waals surface area contributed by atoms with E-state index in [1.165, 1.54) is 12.1 Å². The Morgan fingerprint density at radius 1 is 0.879 bits per heavy atom. The van der Waals surface area contributed by atoms with Crippen LogP contribution in [0, 0.1) is 11.8 Å². The van der Waals surface area contributed by atoms with Gasteiger partial charge in [-0.05, 0) is 82.2 Å². The standard InChI is InChI=1S/C25H33NO5S2/c1-25(2,3)32(28,29)18-20-9-13-21(14-10-20)24(27)17-19-11-15-22(16-12-19)26-33(30,31)23-7-5-4-6-8-23/h4-8,11-12,15-16,20-21,26H,9-10,13-14,17-18H2,1-3H3. The Morgan fingerprint density at radius 3 is 2.00 bits per heavy atom. The van der Waals surface area contributed by atoms with Crippen LogP contribution in [0.2, 0.25) is 0 Å². The quantitative estimate of drug-likeness (QED) is 0.581. The summed E-state index contributed by atoms with van der Waals surface area (Å²) in [5.74, 6) is 0.424. The number of hydrogen-bond donors (Lipinski definition) is 1. The highest BCUT2D eigenvalue weighted by molar-refractivity contribution is 7.93. The lowest BCUT2D eigenvalue weighted by Gasteiger charge is -2.30. The van der Waals surface area contributed by atoms with Gasteiger partial charge < -0.3 is 0 Å². The van der Waals surface area contributed by atoms with E-state index in [4.69, 9.17) is 0 Å². The van der Waals surface area contributed by atoms with Crippen molar-refractivity contribution < 1.29 is 21.6 Å². The molecule has 0 saturated heterocycles. The van der Waals surface area contributed by atoms with Gasteiger partial charge in [-0.3, -0.25) is 9.52 Å². The Labute approximate surface area is 197 Å². The predicted octanol–water partition coefficient (Wildman–Crippen LogP) is 4.62. The summed E-state index contributed by atoms with van der Waals surface area (Å²) in [4.78, 5) is 13.0. The molecule has 180 valence electrons. The lowest BCUT2D eigenvalue weighted by molar-refractivity contribution is -0.123. The maximum absolute atomic E-state index is 12.8. The van der Waals surface area contributed by atoms with E-state index in [-0.39, 0.29) is 28.3 Å². The summed E-state index contributed by atoms with van der Waals surface area (Å²) < 4.78 is 51.6. The van der Waals surface area contributed by atoms with Gasteiger partial charge in [0.05, 0.1) is 15.4 Å². The first-order valence-electron chi connectivity index (χ1n) is 11.3. The molecule has 3 rings (SSSR count). The zero-order valence-electron chi connectivity index (χ0n) is 19.5. The van der Waals surface area contributed by atoms with Crippen molar-refractivity contribution >= 4 is 31.3 Å². The van der Waals surface area contributed by atoms with Crippen molar-refractivity contribution in [1.29, 1.82) is 0 Å². The number of rotatable bonds is 8. The number of carbonyl (C=O) groups is 1. The molecule has 1 fully saturated rings. The van der Waals surface area contributed by atoms with Gasteiger partial charge in [0.25, 0.3) is 10.0 Å². The Morgan fingerprint density at radius 2 is 1.45 bits per heavy atom. The molecule has 0 radical (unpaired) electrons. The van der Waals surface area contributed by atoms with Gasteiger partial charge >= 0.3 is 0 Å². The molecule has 33 heavy (non-hydrogen) atoms. The number of benzene rings is 2. The predicted molar refractivity (Wildman–Crippen MR) is 131 cm³/mol. The molecule has 0 bridgehead atoms. The van der Waals surface area contributed by atoms with Crippen molar-refractivity contribution in [3.8, 4) is 0 Å². The van der Waals surface area contributed by atoms with Gasteiger partial charge in [-0.2, -0.15) is 0 Å². The highest BCUT2D eigenvalue weighted by Gasteiger charge is 2.34. The molecule has 1 N–H and O–H groups in total. The van der Waals surface area contributed by atoms with Crippen LogP contribution in [0.4, 0.5) is 5.69 Å². The molecule has 0 aliphatic heterocycles. The first-order valence-corrected chi connectivity index (χ1v) is 14.4. The molecule has 0 unspecified atom stereocenters. The maximum Gasteiger partial charge on any atom is 0.261 e. The molecule has 0 spiro atoms. The fourth-order valence-corrected chi connectivity index (χ4v) is 6.59. The number of sulfone groups is 1. The fraction of sp³-hybridized carbons (Fsp3) is 0.480. The van der Waals surface area contributed by atoms with Crippen LogP contribution in [0.5, 0.6) is 0 Å². The molecule has 8 heteroatoms. The van der Waals surface area contributed by atoms with Crippen molar-refractivity contribution in [3.05, 3.63) is 60.2 Å². The van der Waals surface area contributed by atoms with Crippen LogP contribution in [-0.4, -0.2) is 33.1 Å². The molecule has 0 aromatic heterocycles. The molecule has 1 aliphatic carbocycles. The molecular formula is C25H33NO5S2. The Balaban J connectivity index is 1.52. The molecule has 1 saturated carbocycles. The van der Waals surface area contributed by atoms with Crippen LogP contribution in [0.15, 0.2) is 59.5 Å². The zero-order chi connectivity index (χ0) is 24.3. The number of carbonyl (C=O) groups excluding carboxylic acids is 1. The molecular weight excluding hydrogens is 458 g/mol. The van der Waals surface area contributed by atoms with Crippen LogP contribution >= 0.6 is 0 Å². The fourth-order valence-electron chi connectivity index (χ4n) is 4.06. The van der Waals surface area contributed by atoms with Crippen molar-refractivity contribution in [2.75, 3.05) is 10.5 Å². The van der Waals surface area contributed by atoms with Gasteiger partial charge in [0.15, 0.2) is 9.84 Å². The van der Waals surface area contributed by atoms with Gasteiger partial charge in [-0.25, -0.2) is 16.8 Å². The molecule has 2 aromatic carbocycles. The smallest absolute Gasteiger partial charge is 0.261 e. The number of anilines is 1. The van der Waals surface area contributed by atoms with Gasteiger partial charge in [-0.1, -0.05) is 30.3 Å². The first kappa shape index (κ1) is 25.4. The van der Waals surface area contributed by atoms with Crippen molar-refractivity contribution in [2.45, 2.75) is 62.5 Å². The van der Waals surface area contributed by atoms with Gasteiger partial charge in [-0.15, -0.1) is 0 Å². The number of sulfonamides is 1. The van der Waals surface area contributed by atoms with Crippen LogP contribution in [0.1, 0.15) is 52.0 Å². The Bertz CT molecular complexity index is 1160. The Kier molecular flexibility index (Phi) is 7.69. The number of Topliss-reactive ketones (excluding diaryl/α,β-unsaturated/α-hetero) is 1. The summed E-state index contributed by atoms with van der Waals surface area (Å²) >= 11 is 0.